The predicted molar refractivity (Wildman–Crippen MR) is 68.0 cm³/mol. The predicted octanol–water partition coefficient (Wildman–Crippen LogP) is 0.304. The van der Waals surface area contributed by atoms with Gasteiger partial charge < -0.3 is 20.9 Å². The van der Waals surface area contributed by atoms with Crippen molar-refractivity contribution in [2.75, 3.05) is 13.2 Å². The van der Waals surface area contributed by atoms with Crippen LogP contribution < -0.4 is 11.1 Å². The molecule has 0 spiro atoms. The molecule has 1 heterocycles. The lowest BCUT2D eigenvalue weighted by atomic mass is 9.89. The molecule has 2 rings (SSSR count). The molecule has 5 heteroatoms. The Morgan fingerprint density at radius 1 is 1.22 bits per heavy atom. The van der Waals surface area contributed by atoms with Crippen LogP contribution in [0, 0.1) is 0 Å². The van der Waals surface area contributed by atoms with Gasteiger partial charge in [-0.05, 0) is 25.7 Å². The van der Waals surface area contributed by atoms with Crippen molar-refractivity contribution in [2.24, 2.45) is 5.73 Å². The lowest BCUT2D eigenvalue weighted by Crippen LogP contribution is -2.60. The molecule has 0 aromatic rings. The van der Waals surface area contributed by atoms with Gasteiger partial charge in [0.25, 0.3) is 0 Å². The average molecular weight is 256 g/mol. The van der Waals surface area contributed by atoms with E-state index in [2.05, 4.69) is 5.32 Å². The summed E-state index contributed by atoms with van der Waals surface area (Å²) in [6.45, 7) is 1.08. The van der Waals surface area contributed by atoms with Gasteiger partial charge in [-0.3, -0.25) is 4.79 Å². The van der Waals surface area contributed by atoms with E-state index in [1.807, 2.05) is 0 Å². The number of hydrogen-bond donors (Lipinski definition) is 3. The maximum Gasteiger partial charge on any atom is 0.240 e. The molecule has 0 aromatic carbocycles. The monoisotopic (exact) mass is 256 g/mol. The molecule has 0 bridgehead atoms. The first-order valence-corrected chi connectivity index (χ1v) is 6.97. The van der Waals surface area contributed by atoms with Crippen molar-refractivity contribution in [3.8, 4) is 0 Å². The van der Waals surface area contributed by atoms with E-state index in [1.54, 1.807) is 0 Å². The smallest absolute Gasteiger partial charge is 0.240 e. The fourth-order valence-electron chi connectivity index (χ4n) is 2.73. The summed E-state index contributed by atoms with van der Waals surface area (Å²) < 4.78 is 5.24. The molecule has 1 amide bonds. The lowest BCUT2D eigenvalue weighted by Gasteiger charge is -2.34. The number of carbonyl (C=O) groups is 1. The molecule has 1 saturated carbocycles. The van der Waals surface area contributed by atoms with Gasteiger partial charge in [0.15, 0.2) is 0 Å². The highest BCUT2D eigenvalue weighted by Crippen LogP contribution is 2.21. The molecular formula is C13H24N2O3. The quantitative estimate of drug-likeness (QED) is 0.621. The summed E-state index contributed by atoms with van der Waals surface area (Å²) in [6.07, 6.45) is 5.52. The number of aliphatic hydroxyl groups is 1. The van der Waals surface area contributed by atoms with E-state index < -0.39 is 11.6 Å². The van der Waals surface area contributed by atoms with Crippen LogP contribution in [-0.2, 0) is 9.53 Å². The second kappa shape index (κ2) is 5.99. The molecule has 5 nitrogen and oxygen atoms in total. The van der Waals surface area contributed by atoms with E-state index in [4.69, 9.17) is 10.5 Å². The fraction of sp³-hybridized carbons (Fsp3) is 0.923. The van der Waals surface area contributed by atoms with Crippen molar-refractivity contribution < 1.29 is 14.6 Å². The van der Waals surface area contributed by atoms with E-state index in [0.717, 1.165) is 32.1 Å². The molecule has 2 fully saturated rings. The Morgan fingerprint density at radius 2 is 1.89 bits per heavy atom. The van der Waals surface area contributed by atoms with Gasteiger partial charge >= 0.3 is 0 Å². The van der Waals surface area contributed by atoms with Crippen LogP contribution in [0.25, 0.3) is 0 Å². The summed E-state index contributed by atoms with van der Waals surface area (Å²) in [5.74, 6) is -0.128. The van der Waals surface area contributed by atoms with Crippen molar-refractivity contribution in [3.05, 3.63) is 0 Å². The van der Waals surface area contributed by atoms with Crippen LogP contribution >= 0.6 is 0 Å². The number of aliphatic hydroxyl groups excluding tert-OH is 1. The second-order valence-electron chi connectivity index (χ2n) is 5.55. The van der Waals surface area contributed by atoms with Gasteiger partial charge in [-0.25, -0.2) is 0 Å². The zero-order valence-corrected chi connectivity index (χ0v) is 10.9. The van der Waals surface area contributed by atoms with Crippen LogP contribution in [0.15, 0.2) is 0 Å². The van der Waals surface area contributed by atoms with Crippen LogP contribution in [0.3, 0.4) is 0 Å². The molecule has 0 aromatic heterocycles. The minimum absolute atomic E-state index is 0.128. The van der Waals surface area contributed by atoms with Gasteiger partial charge in [-0.15, -0.1) is 0 Å². The molecule has 104 valence electrons. The van der Waals surface area contributed by atoms with Crippen LogP contribution in [0.4, 0.5) is 0 Å². The Hall–Kier alpha value is -0.650. The Kier molecular flexibility index (Phi) is 4.59. The third-order valence-corrected chi connectivity index (χ3v) is 4.13. The highest BCUT2D eigenvalue weighted by atomic mass is 16.5. The van der Waals surface area contributed by atoms with Crippen molar-refractivity contribution in [2.45, 2.75) is 62.6 Å². The lowest BCUT2D eigenvalue weighted by molar-refractivity contribution is -0.131. The number of carbonyl (C=O) groups excluding carboxylic acids is 1. The van der Waals surface area contributed by atoms with Crippen molar-refractivity contribution >= 4 is 5.91 Å². The molecule has 0 radical (unpaired) electrons. The number of nitrogens with one attached hydrogen (secondary N) is 1. The summed E-state index contributed by atoms with van der Waals surface area (Å²) in [6, 6.07) is -0.136. The Bertz CT molecular complexity index is 290. The molecule has 18 heavy (non-hydrogen) atoms. The minimum Gasteiger partial charge on any atom is -0.391 e. The maximum absolute atomic E-state index is 12.2. The Morgan fingerprint density at radius 3 is 2.61 bits per heavy atom. The third kappa shape index (κ3) is 3.22. The van der Waals surface area contributed by atoms with E-state index in [0.29, 0.717) is 26.1 Å². The normalized spacial score (nSPS) is 32.6. The molecule has 2 unspecified atom stereocenters. The number of rotatable bonds is 2. The van der Waals surface area contributed by atoms with Gasteiger partial charge in [0.05, 0.1) is 17.7 Å². The SMILES string of the molecule is NC1(C(=O)NC2CCCCCC2O)CCOCC1. The highest BCUT2D eigenvalue weighted by Gasteiger charge is 2.37. The molecular weight excluding hydrogens is 232 g/mol. The van der Waals surface area contributed by atoms with E-state index in [1.165, 1.54) is 0 Å². The fourth-order valence-corrected chi connectivity index (χ4v) is 2.73. The summed E-state index contributed by atoms with van der Waals surface area (Å²) >= 11 is 0. The van der Waals surface area contributed by atoms with E-state index >= 15 is 0 Å². The number of ether oxygens (including phenoxy) is 1. The molecule has 1 saturated heterocycles. The first-order valence-electron chi connectivity index (χ1n) is 6.97. The van der Waals surface area contributed by atoms with Gasteiger partial charge in [-0.2, -0.15) is 0 Å². The van der Waals surface area contributed by atoms with Crippen molar-refractivity contribution in [1.29, 1.82) is 0 Å². The third-order valence-electron chi connectivity index (χ3n) is 4.13. The topological polar surface area (TPSA) is 84.6 Å². The van der Waals surface area contributed by atoms with Gasteiger partial charge in [0, 0.05) is 13.2 Å². The summed E-state index contributed by atoms with van der Waals surface area (Å²) in [5, 5.41) is 12.9. The molecule has 4 N–H and O–H groups in total. The van der Waals surface area contributed by atoms with E-state index in [-0.39, 0.29) is 11.9 Å². The summed E-state index contributed by atoms with van der Waals surface area (Å²) in [4.78, 5) is 12.2. The Balaban J connectivity index is 1.92. The van der Waals surface area contributed by atoms with Crippen LogP contribution in [0.5, 0.6) is 0 Å². The Labute approximate surface area is 108 Å². The second-order valence-corrected chi connectivity index (χ2v) is 5.55. The summed E-state index contributed by atoms with van der Waals surface area (Å²) in [5.41, 5.74) is 5.32. The van der Waals surface area contributed by atoms with Crippen LogP contribution in [0.2, 0.25) is 0 Å². The van der Waals surface area contributed by atoms with Crippen LogP contribution in [-0.4, -0.2) is 41.9 Å². The van der Waals surface area contributed by atoms with Gasteiger partial charge in [0.2, 0.25) is 5.91 Å². The number of nitrogens with two attached hydrogens (primary N) is 1. The van der Waals surface area contributed by atoms with E-state index in [9.17, 15) is 9.90 Å². The largest absolute Gasteiger partial charge is 0.391 e. The van der Waals surface area contributed by atoms with Gasteiger partial charge in [-0.1, -0.05) is 19.3 Å². The van der Waals surface area contributed by atoms with Crippen LogP contribution in [0.1, 0.15) is 44.9 Å². The standard InChI is InChI=1S/C13H24N2O3/c14-13(6-8-18-9-7-13)12(17)15-10-4-2-1-3-5-11(10)16/h10-11,16H,1-9,14H2,(H,15,17). The number of amides is 1. The summed E-state index contributed by atoms with van der Waals surface area (Å²) in [7, 11) is 0. The molecule has 1 aliphatic carbocycles. The molecule has 2 aliphatic rings. The number of hydrogen-bond acceptors (Lipinski definition) is 4. The van der Waals surface area contributed by atoms with Crippen molar-refractivity contribution in [1.82, 2.24) is 5.32 Å². The highest BCUT2D eigenvalue weighted by molar-refractivity contribution is 5.86. The van der Waals surface area contributed by atoms with Crippen molar-refractivity contribution in [3.63, 3.8) is 0 Å². The zero-order valence-electron chi connectivity index (χ0n) is 10.9. The zero-order chi connectivity index (χ0) is 13.0. The van der Waals surface area contributed by atoms with Gasteiger partial charge in [0.1, 0.15) is 0 Å². The molecule has 1 aliphatic heterocycles. The minimum atomic E-state index is -0.815. The molecule has 2 atom stereocenters. The first kappa shape index (κ1) is 13.8. The first-order chi connectivity index (χ1) is 8.62. The average Bonchev–Trinajstić information content (AvgIpc) is 2.56. The maximum atomic E-state index is 12.2.